The molecule has 3 aromatic carbocycles. The Kier molecular flexibility index (Phi) is 6.17. The molecule has 4 rings (SSSR count). The fourth-order valence-electron chi connectivity index (χ4n) is 3.19. The van der Waals surface area contributed by atoms with Crippen molar-refractivity contribution in [2.24, 2.45) is 0 Å². The molecular formula is C22H19N3O5S2. The van der Waals surface area contributed by atoms with E-state index in [4.69, 9.17) is 4.74 Å². The third kappa shape index (κ3) is 4.62. The van der Waals surface area contributed by atoms with Crippen LogP contribution in [0.4, 0.5) is 11.4 Å². The molecule has 164 valence electrons. The first-order valence-electron chi connectivity index (χ1n) is 9.58. The third-order valence-electron chi connectivity index (χ3n) is 4.85. The number of anilines is 1. The van der Waals surface area contributed by atoms with Crippen LogP contribution in [0.25, 0.3) is 6.08 Å². The molecule has 3 aromatic rings. The second kappa shape index (κ2) is 9.03. The number of ether oxygens (including phenoxy) is 1. The van der Waals surface area contributed by atoms with Crippen LogP contribution >= 0.6 is 12.8 Å². The lowest BCUT2D eigenvalue weighted by atomic mass is 10.2. The molecule has 0 bridgehead atoms. The van der Waals surface area contributed by atoms with Crippen LogP contribution < -0.4 is 9.75 Å². The average Bonchev–Trinajstić information content (AvgIpc) is 3.03. The zero-order valence-corrected chi connectivity index (χ0v) is 18.4. The van der Waals surface area contributed by atoms with Gasteiger partial charge in [0.1, 0.15) is 12.4 Å². The number of nitrogens with zero attached hydrogens (tertiary/aromatic N) is 3. The summed E-state index contributed by atoms with van der Waals surface area (Å²) in [6.07, 6.45) is 1.55. The summed E-state index contributed by atoms with van der Waals surface area (Å²) in [4.78, 5) is 10.6. The number of hydrazine groups is 1. The molecule has 1 fully saturated rings. The van der Waals surface area contributed by atoms with Gasteiger partial charge in [-0.1, -0.05) is 65.2 Å². The van der Waals surface area contributed by atoms with Crippen LogP contribution in [0.2, 0.25) is 0 Å². The zero-order chi connectivity index (χ0) is 22.7. The summed E-state index contributed by atoms with van der Waals surface area (Å²) in [6.45, 7) is 0.432. The Morgan fingerprint density at radius 1 is 1.03 bits per heavy atom. The van der Waals surface area contributed by atoms with Crippen molar-refractivity contribution >= 4 is 40.3 Å². The van der Waals surface area contributed by atoms with Crippen LogP contribution in [0.5, 0.6) is 5.75 Å². The second-order valence-electron chi connectivity index (χ2n) is 7.02. The molecule has 1 heterocycles. The SMILES string of the molecule is O=[N+]([O-])c1cccc(N2C/C(=C/c3ccc(OCc4ccccc4)cc3)S(=O)(=O)N2S)c1. The number of hydrogen-bond donors (Lipinski definition) is 1. The minimum Gasteiger partial charge on any atom is -0.489 e. The van der Waals surface area contributed by atoms with Crippen LogP contribution in [0.15, 0.2) is 83.8 Å². The lowest BCUT2D eigenvalue weighted by Gasteiger charge is -2.21. The number of thiol groups is 1. The first-order chi connectivity index (χ1) is 15.3. The molecule has 0 aromatic heterocycles. The molecule has 0 amide bonds. The molecule has 1 aliphatic heterocycles. The first-order valence-corrected chi connectivity index (χ1v) is 11.4. The minimum absolute atomic E-state index is 0.000735. The summed E-state index contributed by atoms with van der Waals surface area (Å²) in [5.41, 5.74) is 1.94. The summed E-state index contributed by atoms with van der Waals surface area (Å²) in [5, 5.41) is 12.4. The van der Waals surface area contributed by atoms with Crippen molar-refractivity contribution in [2.75, 3.05) is 11.6 Å². The average molecular weight is 470 g/mol. The van der Waals surface area contributed by atoms with Crippen LogP contribution in [0.1, 0.15) is 11.1 Å². The van der Waals surface area contributed by atoms with Gasteiger partial charge >= 0.3 is 0 Å². The van der Waals surface area contributed by atoms with Crippen molar-refractivity contribution in [3.8, 4) is 5.75 Å². The van der Waals surface area contributed by atoms with Crippen LogP contribution in [-0.2, 0) is 16.6 Å². The molecule has 1 aliphatic rings. The number of nitro groups is 1. The standard InChI is InChI=1S/C22H19N3O5S2/c26-24(27)20-8-4-7-19(14-20)23-15-22(32(28,29)25(23)31)13-17-9-11-21(12-10-17)30-16-18-5-2-1-3-6-18/h1-14,31H,15-16H2/b22-13-. The van der Waals surface area contributed by atoms with Crippen molar-refractivity contribution < 1.29 is 18.1 Å². The van der Waals surface area contributed by atoms with Gasteiger partial charge in [-0.25, -0.2) is 8.42 Å². The monoisotopic (exact) mass is 469 g/mol. The van der Waals surface area contributed by atoms with Gasteiger partial charge in [0.05, 0.1) is 22.1 Å². The molecule has 0 N–H and O–H groups in total. The van der Waals surface area contributed by atoms with Crippen molar-refractivity contribution in [3.05, 3.63) is 105 Å². The third-order valence-corrected chi connectivity index (χ3v) is 7.25. The van der Waals surface area contributed by atoms with Gasteiger partial charge in [-0.2, -0.15) is 0 Å². The van der Waals surface area contributed by atoms with E-state index in [1.54, 1.807) is 36.4 Å². The van der Waals surface area contributed by atoms with E-state index >= 15 is 0 Å². The summed E-state index contributed by atoms with van der Waals surface area (Å²) in [5.74, 6) is 0.666. The minimum atomic E-state index is -3.87. The molecule has 0 unspecified atom stereocenters. The van der Waals surface area contributed by atoms with Gasteiger partial charge in [0, 0.05) is 12.1 Å². The second-order valence-corrected chi connectivity index (χ2v) is 9.49. The van der Waals surface area contributed by atoms with Crippen LogP contribution in [0.3, 0.4) is 0 Å². The molecule has 8 nitrogen and oxygen atoms in total. The summed E-state index contributed by atoms with van der Waals surface area (Å²) in [7, 11) is -3.87. The number of rotatable bonds is 6. The largest absolute Gasteiger partial charge is 0.489 e. The lowest BCUT2D eigenvalue weighted by molar-refractivity contribution is -0.384. The van der Waals surface area contributed by atoms with Gasteiger partial charge in [-0.15, -0.1) is 0 Å². The number of hydrogen-bond acceptors (Lipinski definition) is 7. The molecule has 1 saturated heterocycles. The Morgan fingerprint density at radius 3 is 2.44 bits per heavy atom. The Labute approximate surface area is 191 Å². The maximum absolute atomic E-state index is 12.8. The van der Waals surface area contributed by atoms with E-state index in [-0.39, 0.29) is 17.1 Å². The highest BCUT2D eigenvalue weighted by molar-refractivity contribution is 8.02. The van der Waals surface area contributed by atoms with E-state index in [2.05, 4.69) is 12.8 Å². The topological polar surface area (TPSA) is 93.0 Å². The summed E-state index contributed by atoms with van der Waals surface area (Å²) >= 11 is 4.11. The molecule has 0 spiro atoms. The molecule has 10 heteroatoms. The van der Waals surface area contributed by atoms with Gasteiger partial charge in [-0.05, 0) is 35.4 Å². The molecule has 0 atom stereocenters. The maximum Gasteiger partial charge on any atom is 0.271 e. The molecule has 0 radical (unpaired) electrons. The molecule has 0 aliphatic carbocycles. The van der Waals surface area contributed by atoms with Crippen LogP contribution in [-0.4, -0.2) is 23.7 Å². The molecule has 32 heavy (non-hydrogen) atoms. The normalized spacial score (nSPS) is 16.9. The Bertz CT molecular complexity index is 1260. The van der Waals surface area contributed by atoms with E-state index in [1.807, 2.05) is 30.3 Å². The Hall–Kier alpha value is -3.34. The Balaban J connectivity index is 1.52. The molecule has 0 saturated carbocycles. The van der Waals surface area contributed by atoms with Crippen molar-refractivity contribution in [1.29, 1.82) is 0 Å². The van der Waals surface area contributed by atoms with Crippen molar-refractivity contribution in [1.82, 2.24) is 3.82 Å². The highest BCUT2D eigenvalue weighted by Crippen LogP contribution is 2.34. The van der Waals surface area contributed by atoms with Crippen LogP contribution in [0, 0.1) is 10.1 Å². The van der Waals surface area contributed by atoms with E-state index < -0.39 is 14.9 Å². The van der Waals surface area contributed by atoms with E-state index in [9.17, 15) is 18.5 Å². The lowest BCUT2D eigenvalue weighted by Crippen LogP contribution is -2.31. The van der Waals surface area contributed by atoms with Crippen molar-refractivity contribution in [2.45, 2.75) is 6.61 Å². The van der Waals surface area contributed by atoms with E-state index in [0.29, 0.717) is 23.6 Å². The fourth-order valence-corrected chi connectivity index (χ4v) is 4.86. The van der Waals surface area contributed by atoms with Crippen molar-refractivity contribution in [3.63, 3.8) is 0 Å². The summed E-state index contributed by atoms with van der Waals surface area (Å²) in [6, 6.07) is 22.6. The summed E-state index contributed by atoms with van der Waals surface area (Å²) < 4.78 is 32.2. The maximum atomic E-state index is 12.8. The van der Waals surface area contributed by atoms with Gasteiger partial charge < -0.3 is 4.74 Å². The predicted molar refractivity (Wildman–Crippen MR) is 125 cm³/mol. The van der Waals surface area contributed by atoms with Gasteiger partial charge in [0.15, 0.2) is 0 Å². The smallest absolute Gasteiger partial charge is 0.271 e. The zero-order valence-electron chi connectivity index (χ0n) is 16.7. The molecular weight excluding hydrogens is 450 g/mol. The number of non-ortho nitro benzene ring substituents is 1. The quantitative estimate of drug-likeness (QED) is 0.326. The van der Waals surface area contributed by atoms with Gasteiger partial charge in [0.25, 0.3) is 15.7 Å². The van der Waals surface area contributed by atoms with E-state index in [1.165, 1.54) is 23.2 Å². The highest BCUT2D eigenvalue weighted by Gasteiger charge is 2.39. The van der Waals surface area contributed by atoms with E-state index in [0.717, 1.165) is 9.38 Å². The highest BCUT2D eigenvalue weighted by atomic mass is 32.3. The number of benzene rings is 3. The van der Waals surface area contributed by atoms with Gasteiger partial charge in [-0.3, -0.25) is 15.1 Å². The fraction of sp³-hybridized carbons (Fsp3) is 0.0909. The first kappa shape index (κ1) is 21.9. The van der Waals surface area contributed by atoms with Gasteiger partial charge in [0.2, 0.25) is 0 Å². The number of nitro benzene ring substituents is 1. The predicted octanol–water partition coefficient (Wildman–Crippen LogP) is 4.43. The Morgan fingerprint density at radius 2 is 1.75 bits per heavy atom. The number of sulfonamides is 1.